The summed E-state index contributed by atoms with van der Waals surface area (Å²) in [4.78, 5) is 12.1. The second-order valence-corrected chi connectivity index (χ2v) is 5.58. The Balaban J connectivity index is 2.20. The molecule has 2 aromatic rings. The molecule has 0 radical (unpaired) electrons. The minimum Gasteiger partial charge on any atom is -0.496 e. The number of benzene rings is 2. The van der Waals surface area contributed by atoms with Gasteiger partial charge in [0, 0.05) is 17.5 Å². The van der Waals surface area contributed by atoms with Gasteiger partial charge >= 0.3 is 6.36 Å². The fourth-order valence-electron chi connectivity index (χ4n) is 2.38. The van der Waals surface area contributed by atoms with Crippen LogP contribution in [0.15, 0.2) is 42.5 Å². The summed E-state index contributed by atoms with van der Waals surface area (Å²) in [6.07, 6.45) is -0.000794. The van der Waals surface area contributed by atoms with Crippen molar-refractivity contribution < 1.29 is 27.4 Å². The summed E-state index contributed by atoms with van der Waals surface area (Å²) in [5, 5.41) is 0. The first kappa shape index (κ1) is 19.6. The van der Waals surface area contributed by atoms with Gasteiger partial charge in [0.1, 0.15) is 11.5 Å². The predicted molar refractivity (Wildman–Crippen MR) is 94.3 cm³/mol. The number of rotatable bonds is 7. The van der Waals surface area contributed by atoms with Crippen LogP contribution in [0.5, 0.6) is 11.5 Å². The monoisotopic (exact) mass is 364 g/mol. The Morgan fingerprint density at radius 2 is 1.77 bits per heavy atom. The number of carbonyl (C=O) groups is 1. The van der Waals surface area contributed by atoms with Gasteiger partial charge in [0.15, 0.2) is 5.78 Å². The lowest BCUT2D eigenvalue weighted by molar-refractivity contribution is -0.274. The van der Waals surface area contributed by atoms with Crippen molar-refractivity contribution in [1.82, 2.24) is 0 Å². The van der Waals surface area contributed by atoms with Crippen molar-refractivity contribution in [2.24, 2.45) is 0 Å². The van der Waals surface area contributed by atoms with Crippen molar-refractivity contribution in [2.45, 2.75) is 26.1 Å². The quantitative estimate of drug-likeness (QED) is 0.464. The lowest BCUT2D eigenvalue weighted by atomic mass is 10.0. The highest BCUT2D eigenvalue weighted by atomic mass is 19.4. The number of hydrogen-bond acceptors (Lipinski definition) is 3. The van der Waals surface area contributed by atoms with Crippen molar-refractivity contribution in [1.29, 1.82) is 0 Å². The fraction of sp³-hybridized carbons (Fsp3) is 0.250. The topological polar surface area (TPSA) is 35.5 Å². The van der Waals surface area contributed by atoms with Crippen LogP contribution in [0.3, 0.4) is 0 Å². The van der Waals surface area contributed by atoms with Crippen molar-refractivity contribution in [2.75, 3.05) is 7.11 Å². The molecule has 0 saturated heterocycles. The van der Waals surface area contributed by atoms with E-state index < -0.39 is 6.36 Å². The molecule has 0 aliphatic carbocycles. The van der Waals surface area contributed by atoms with E-state index in [0.29, 0.717) is 28.9 Å². The fourth-order valence-corrected chi connectivity index (χ4v) is 2.38. The minimum absolute atomic E-state index is 0.0541. The zero-order chi connectivity index (χ0) is 19.2. The molecule has 0 aliphatic rings. The third kappa shape index (κ3) is 5.65. The van der Waals surface area contributed by atoms with Crippen LogP contribution in [0.2, 0.25) is 0 Å². The largest absolute Gasteiger partial charge is 0.573 e. The molecule has 0 aromatic heterocycles. The van der Waals surface area contributed by atoms with E-state index in [0.717, 1.165) is 6.42 Å². The molecule has 26 heavy (non-hydrogen) atoms. The standard InChI is InChI=1S/C20H19F3O3/c1-3-4-18(24)15-9-12-19(25-2)16(13-15)8-5-14-6-10-17(11-7-14)26-20(21,22)23/h5-13H,3-4H2,1-2H3/b8-5+. The highest BCUT2D eigenvalue weighted by molar-refractivity contribution is 5.97. The molecular weight excluding hydrogens is 345 g/mol. The van der Waals surface area contributed by atoms with Crippen LogP contribution in [-0.4, -0.2) is 19.3 Å². The number of methoxy groups -OCH3 is 1. The number of hydrogen-bond donors (Lipinski definition) is 0. The van der Waals surface area contributed by atoms with Gasteiger partial charge in [0.2, 0.25) is 0 Å². The second-order valence-electron chi connectivity index (χ2n) is 5.58. The molecule has 138 valence electrons. The molecule has 0 bridgehead atoms. The van der Waals surface area contributed by atoms with Gasteiger partial charge in [0.05, 0.1) is 7.11 Å². The SMILES string of the molecule is CCCC(=O)c1ccc(OC)c(/C=C/c2ccc(OC(F)(F)F)cc2)c1. The zero-order valence-corrected chi connectivity index (χ0v) is 14.5. The van der Waals surface area contributed by atoms with Gasteiger partial charge in [-0.3, -0.25) is 4.79 Å². The summed E-state index contributed by atoms with van der Waals surface area (Å²) in [5.74, 6) is 0.379. The normalized spacial score (nSPS) is 11.6. The maximum absolute atomic E-state index is 12.2. The van der Waals surface area contributed by atoms with Crippen molar-refractivity contribution >= 4 is 17.9 Å². The van der Waals surface area contributed by atoms with E-state index >= 15 is 0 Å². The van der Waals surface area contributed by atoms with Gasteiger partial charge in [-0.05, 0) is 42.3 Å². The highest BCUT2D eigenvalue weighted by Crippen LogP contribution is 2.25. The van der Waals surface area contributed by atoms with E-state index in [2.05, 4.69) is 4.74 Å². The molecule has 0 N–H and O–H groups in total. The van der Waals surface area contributed by atoms with Crippen LogP contribution < -0.4 is 9.47 Å². The minimum atomic E-state index is -4.71. The van der Waals surface area contributed by atoms with Crippen molar-refractivity contribution in [3.05, 3.63) is 59.2 Å². The third-order valence-corrected chi connectivity index (χ3v) is 3.60. The van der Waals surface area contributed by atoms with E-state index in [-0.39, 0.29) is 11.5 Å². The summed E-state index contributed by atoms with van der Waals surface area (Å²) in [6, 6.07) is 10.7. The van der Waals surface area contributed by atoms with Gasteiger partial charge in [-0.2, -0.15) is 0 Å². The van der Waals surface area contributed by atoms with Crippen LogP contribution in [0, 0.1) is 0 Å². The maximum Gasteiger partial charge on any atom is 0.573 e. The Bertz CT molecular complexity index is 778. The van der Waals surface area contributed by atoms with Crippen molar-refractivity contribution in [3.63, 3.8) is 0 Å². The summed E-state index contributed by atoms with van der Waals surface area (Å²) in [6.45, 7) is 1.94. The van der Waals surface area contributed by atoms with E-state index in [4.69, 9.17) is 4.74 Å². The molecule has 2 rings (SSSR count). The molecule has 3 nitrogen and oxygen atoms in total. The maximum atomic E-state index is 12.2. The molecular formula is C20H19F3O3. The van der Waals surface area contributed by atoms with E-state index in [9.17, 15) is 18.0 Å². The molecule has 0 heterocycles. The number of Topliss-reactive ketones (excluding diaryl/α,β-unsaturated/α-hetero) is 1. The van der Waals surface area contributed by atoms with Gasteiger partial charge in [0.25, 0.3) is 0 Å². The lowest BCUT2D eigenvalue weighted by Gasteiger charge is -2.09. The van der Waals surface area contributed by atoms with Gasteiger partial charge in [-0.1, -0.05) is 31.2 Å². The zero-order valence-electron chi connectivity index (χ0n) is 14.5. The van der Waals surface area contributed by atoms with Crippen LogP contribution in [0.25, 0.3) is 12.2 Å². The van der Waals surface area contributed by atoms with Gasteiger partial charge in [-0.25, -0.2) is 0 Å². The van der Waals surface area contributed by atoms with Crippen LogP contribution in [0.4, 0.5) is 13.2 Å². The van der Waals surface area contributed by atoms with Crippen molar-refractivity contribution in [3.8, 4) is 11.5 Å². The first-order chi connectivity index (χ1) is 12.3. The Hall–Kier alpha value is -2.76. The molecule has 0 spiro atoms. The molecule has 0 aliphatic heterocycles. The Morgan fingerprint density at radius 3 is 2.35 bits per heavy atom. The average Bonchev–Trinajstić information content (AvgIpc) is 2.59. The van der Waals surface area contributed by atoms with Gasteiger partial charge < -0.3 is 9.47 Å². The summed E-state index contributed by atoms with van der Waals surface area (Å²) < 4.78 is 45.7. The average molecular weight is 364 g/mol. The second kappa shape index (κ2) is 8.56. The summed E-state index contributed by atoms with van der Waals surface area (Å²) in [7, 11) is 1.53. The van der Waals surface area contributed by atoms with Crippen LogP contribution in [0.1, 0.15) is 41.3 Å². The van der Waals surface area contributed by atoms with Crippen LogP contribution in [-0.2, 0) is 0 Å². The molecule has 6 heteroatoms. The third-order valence-electron chi connectivity index (χ3n) is 3.60. The molecule has 0 amide bonds. The molecule has 0 atom stereocenters. The molecule has 0 fully saturated rings. The first-order valence-electron chi connectivity index (χ1n) is 8.07. The number of halogens is 3. The Kier molecular flexibility index (Phi) is 6.44. The number of carbonyl (C=O) groups excluding carboxylic acids is 1. The summed E-state index contributed by atoms with van der Waals surface area (Å²) >= 11 is 0. The number of ketones is 1. The molecule has 0 saturated carbocycles. The number of alkyl halides is 3. The Labute approximate surface area is 150 Å². The molecule has 2 aromatic carbocycles. The molecule has 0 unspecified atom stereocenters. The Morgan fingerprint density at radius 1 is 1.08 bits per heavy atom. The smallest absolute Gasteiger partial charge is 0.496 e. The number of ether oxygens (including phenoxy) is 2. The predicted octanol–water partition coefficient (Wildman–Crippen LogP) is 5.75. The van der Waals surface area contributed by atoms with E-state index in [1.54, 1.807) is 30.4 Å². The lowest BCUT2D eigenvalue weighted by Crippen LogP contribution is -2.16. The highest BCUT2D eigenvalue weighted by Gasteiger charge is 2.30. The van der Waals surface area contributed by atoms with E-state index in [1.807, 2.05) is 6.92 Å². The first-order valence-corrected chi connectivity index (χ1v) is 8.07. The van der Waals surface area contributed by atoms with E-state index in [1.165, 1.54) is 31.4 Å². The summed E-state index contributed by atoms with van der Waals surface area (Å²) in [5.41, 5.74) is 2.00. The van der Waals surface area contributed by atoms with Gasteiger partial charge in [-0.15, -0.1) is 13.2 Å². The van der Waals surface area contributed by atoms with Crippen LogP contribution >= 0.6 is 0 Å².